The van der Waals surface area contributed by atoms with E-state index in [1.54, 1.807) is 17.1 Å². The predicted molar refractivity (Wildman–Crippen MR) is 128 cm³/mol. The minimum atomic E-state index is -0.101. The van der Waals surface area contributed by atoms with Crippen LogP contribution in [0.2, 0.25) is 0 Å². The molecule has 7 heteroatoms. The van der Waals surface area contributed by atoms with E-state index in [0.717, 1.165) is 44.8 Å². The van der Waals surface area contributed by atoms with Crippen molar-refractivity contribution in [2.75, 3.05) is 5.73 Å². The monoisotopic (exact) mass is 432 g/mol. The summed E-state index contributed by atoms with van der Waals surface area (Å²) in [5.41, 5.74) is 14.3. The number of carbonyl (C=O) groups excluding carboxylic acids is 1. The van der Waals surface area contributed by atoms with Crippen molar-refractivity contribution < 1.29 is 4.79 Å². The topological polar surface area (TPSA) is 102 Å². The zero-order chi connectivity index (χ0) is 22.5. The van der Waals surface area contributed by atoms with Gasteiger partial charge in [0.05, 0.1) is 28.5 Å². The lowest BCUT2D eigenvalue weighted by Gasteiger charge is -2.06. The Kier molecular flexibility index (Phi) is 4.23. The van der Waals surface area contributed by atoms with Gasteiger partial charge in [-0.25, -0.2) is 9.67 Å². The van der Waals surface area contributed by atoms with Crippen LogP contribution in [-0.4, -0.2) is 30.5 Å². The molecule has 33 heavy (non-hydrogen) atoms. The second-order valence-electron chi connectivity index (χ2n) is 8.21. The summed E-state index contributed by atoms with van der Waals surface area (Å²) in [6, 6.07) is 15.9. The number of fused-ring (bicyclic) bond motifs is 2. The summed E-state index contributed by atoms with van der Waals surface area (Å²) >= 11 is 0. The summed E-state index contributed by atoms with van der Waals surface area (Å²) in [6.07, 6.45) is 7.67. The first kappa shape index (κ1) is 19.2. The first-order valence-electron chi connectivity index (χ1n) is 10.7. The number of Topliss-reactive ketones (excluding diaryl/α,β-unsaturated/α-hetero) is 1. The molecule has 0 unspecified atom stereocenters. The third-order valence-electron chi connectivity index (χ3n) is 6.02. The van der Waals surface area contributed by atoms with E-state index in [2.05, 4.69) is 38.2 Å². The van der Waals surface area contributed by atoms with Crippen LogP contribution in [0.4, 0.5) is 5.82 Å². The number of H-pyrrole nitrogens is 1. The largest absolute Gasteiger partial charge is 0.383 e. The molecule has 0 radical (unpaired) electrons. The summed E-state index contributed by atoms with van der Waals surface area (Å²) in [6.45, 7) is 1.91. The highest BCUT2D eigenvalue weighted by Crippen LogP contribution is 2.32. The van der Waals surface area contributed by atoms with E-state index >= 15 is 0 Å². The van der Waals surface area contributed by atoms with Gasteiger partial charge in [0.1, 0.15) is 11.6 Å². The maximum atomic E-state index is 13.3. The summed E-state index contributed by atoms with van der Waals surface area (Å²) in [7, 11) is 0. The van der Waals surface area contributed by atoms with Gasteiger partial charge in [-0.05, 0) is 60.0 Å². The molecule has 0 saturated heterocycles. The molecule has 3 aromatic heterocycles. The number of nitrogens with one attached hydrogen (secondary N) is 1. The van der Waals surface area contributed by atoms with Gasteiger partial charge in [-0.15, -0.1) is 0 Å². The number of carbonyl (C=O) groups is 1. The second-order valence-corrected chi connectivity index (χ2v) is 8.21. The first-order chi connectivity index (χ1) is 16.1. The number of aryl methyl sites for hydroxylation is 1. The molecule has 1 aliphatic rings. The van der Waals surface area contributed by atoms with Crippen LogP contribution in [0.25, 0.3) is 33.9 Å². The van der Waals surface area contributed by atoms with Gasteiger partial charge in [-0.3, -0.25) is 9.78 Å². The number of hydrogen-bond donors (Lipinski definition) is 2. The molecule has 6 rings (SSSR count). The average Bonchev–Trinajstić information content (AvgIpc) is 3.53. The van der Waals surface area contributed by atoms with Crippen molar-refractivity contribution in [2.24, 2.45) is 0 Å². The molecule has 160 valence electrons. The summed E-state index contributed by atoms with van der Waals surface area (Å²) in [5.74, 6) is 1.06. The highest BCUT2D eigenvalue weighted by atomic mass is 16.1. The molecule has 2 aromatic carbocycles. The number of aromatic nitrogens is 5. The Morgan fingerprint density at radius 1 is 1.09 bits per heavy atom. The average molecular weight is 432 g/mol. The Balaban J connectivity index is 1.31. The molecule has 7 nitrogen and oxygen atoms in total. The van der Waals surface area contributed by atoms with Crippen LogP contribution in [0.3, 0.4) is 0 Å². The van der Waals surface area contributed by atoms with Gasteiger partial charge in [-0.1, -0.05) is 18.2 Å². The Morgan fingerprint density at radius 3 is 2.85 bits per heavy atom. The number of pyridine rings is 1. The van der Waals surface area contributed by atoms with Gasteiger partial charge in [0.25, 0.3) is 0 Å². The lowest BCUT2D eigenvalue weighted by atomic mass is 10.0. The number of nitrogen functional groups attached to an aromatic ring is 1. The van der Waals surface area contributed by atoms with E-state index in [9.17, 15) is 4.79 Å². The van der Waals surface area contributed by atoms with Crippen molar-refractivity contribution in [1.82, 2.24) is 24.7 Å². The number of ketones is 1. The minimum Gasteiger partial charge on any atom is -0.383 e. The summed E-state index contributed by atoms with van der Waals surface area (Å²) in [5, 5.41) is 4.40. The molecule has 0 aliphatic heterocycles. The summed E-state index contributed by atoms with van der Waals surface area (Å²) < 4.78 is 1.59. The van der Waals surface area contributed by atoms with Crippen LogP contribution in [0.5, 0.6) is 0 Å². The molecule has 3 N–H and O–H groups in total. The smallest absolute Gasteiger partial charge is 0.194 e. The minimum absolute atomic E-state index is 0.101. The molecule has 1 aliphatic carbocycles. The Hall–Kier alpha value is -4.52. The standard InChI is InChI=1S/C26H20N6O/c1-15-30-23-7-6-21(12-24(23)31-15)32-26(27)22(14-29-32)25(33)20-10-17-5-4-16(9-19(17)11-20)18-3-2-8-28-13-18/h2-9,11-14H,10,27H2,1H3,(H,30,31). The molecule has 3 heterocycles. The van der Waals surface area contributed by atoms with Crippen LogP contribution in [0, 0.1) is 6.92 Å². The van der Waals surface area contributed by atoms with Crippen molar-refractivity contribution in [3.05, 3.63) is 95.2 Å². The van der Waals surface area contributed by atoms with E-state index in [1.807, 2.05) is 49.5 Å². The number of rotatable bonds is 4. The van der Waals surface area contributed by atoms with E-state index in [-0.39, 0.29) is 5.78 Å². The van der Waals surface area contributed by atoms with Crippen molar-refractivity contribution >= 4 is 28.7 Å². The van der Waals surface area contributed by atoms with E-state index in [4.69, 9.17) is 5.73 Å². The molecule has 0 spiro atoms. The number of anilines is 1. The number of allylic oxidation sites excluding steroid dienone is 1. The van der Waals surface area contributed by atoms with Crippen LogP contribution in [-0.2, 0) is 6.42 Å². The number of imidazole rings is 1. The fourth-order valence-electron chi connectivity index (χ4n) is 4.36. The molecule has 0 amide bonds. The van der Waals surface area contributed by atoms with Gasteiger partial charge < -0.3 is 10.7 Å². The van der Waals surface area contributed by atoms with Gasteiger partial charge in [0.2, 0.25) is 0 Å². The van der Waals surface area contributed by atoms with Crippen molar-refractivity contribution in [1.29, 1.82) is 0 Å². The van der Waals surface area contributed by atoms with Crippen molar-refractivity contribution in [3.63, 3.8) is 0 Å². The van der Waals surface area contributed by atoms with Crippen LogP contribution >= 0.6 is 0 Å². The number of nitrogens with two attached hydrogens (primary N) is 1. The van der Waals surface area contributed by atoms with Crippen molar-refractivity contribution in [2.45, 2.75) is 13.3 Å². The molecule has 0 atom stereocenters. The normalized spacial score (nSPS) is 12.7. The van der Waals surface area contributed by atoms with E-state index in [1.165, 1.54) is 0 Å². The van der Waals surface area contributed by atoms with Gasteiger partial charge in [0.15, 0.2) is 5.78 Å². The molecule has 5 aromatic rings. The van der Waals surface area contributed by atoms with Crippen molar-refractivity contribution in [3.8, 4) is 16.8 Å². The van der Waals surface area contributed by atoms with Crippen LogP contribution in [0.1, 0.15) is 27.3 Å². The zero-order valence-corrected chi connectivity index (χ0v) is 17.9. The quantitative estimate of drug-likeness (QED) is 0.407. The molecule has 0 fully saturated rings. The highest BCUT2D eigenvalue weighted by Gasteiger charge is 2.24. The summed E-state index contributed by atoms with van der Waals surface area (Å²) in [4.78, 5) is 25.2. The Morgan fingerprint density at radius 2 is 2.00 bits per heavy atom. The maximum absolute atomic E-state index is 13.3. The van der Waals surface area contributed by atoms with Gasteiger partial charge in [-0.2, -0.15) is 5.10 Å². The lowest BCUT2D eigenvalue weighted by Crippen LogP contribution is -2.08. The van der Waals surface area contributed by atoms with E-state index in [0.29, 0.717) is 23.4 Å². The van der Waals surface area contributed by atoms with Crippen LogP contribution < -0.4 is 5.73 Å². The zero-order valence-electron chi connectivity index (χ0n) is 17.9. The number of aromatic amines is 1. The Labute approximate surface area is 189 Å². The third-order valence-corrected chi connectivity index (χ3v) is 6.02. The number of nitrogens with zero attached hydrogens (tertiary/aromatic N) is 4. The maximum Gasteiger partial charge on any atom is 0.194 e. The van der Waals surface area contributed by atoms with Gasteiger partial charge in [0, 0.05) is 30.0 Å². The fraction of sp³-hybridized carbons (Fsp3) is 0.0769. The Bertz CT molecular complexity index is 1580. The highest BCUT2D eigenvalue weighted by molar-refractivity contribution is 6.15. The molecule has 0 bridgehead atoms. The first-order valence-corrected chi connectivity index (χ1v) is 10.7. The van der Waals surface area contributed by atoms with Crippen LogP contribution in [0.15, 0.2) is 72.7 Å². The number of benzene rings is 2. The SMILES string of the molecule is Cc1nc2ccc(-n3ncc(C(=O)C4=Cc5cc(-c6cccnc6)ccc5C4)c3N)cc2[nH]1. The second kappa shape index (κ2) is 7.27. The van der Waals surface area contributed by atoms with E-state index < -0.39 is 0 Å². The van der Waals surface area contributed by atoms with Gasteiger partial charge >= 0.3 is 0 Å². The predicted octanol–water partition coefficient (Wildman–Crippen LogP) is 4.52. The fourth-order valence-corrected chi connectivity index (χ4v) is 4.36. The number of hydrogen-bond acceptors (Lipinski definition) is 5. The molecule has 0 saturated carbocycles. The molecular weight excluding hydrogens is 412 g/mol. The molecular formula is C26H20N6O. The lowest BCUT2D eigenvalue weighted by molar-refractivity contribution is 0.103. The third kappa shape index (κ3) is 3.22.